The van der Waals surface area contributed by atoms with Crippen molar-refractivity contribution in [2.75, 3.05) is 4.90 Å². The number of halogens is 1. The van der Waals surface area contributed by atoms with Crippen LogP contribution in [0.25, 0.3) is 0 Å². The molecule has 1 fully saturated rings. The predicted molar refractivity (Wildman–Crippen MR) is 104 cm³/mol. The monoisotopic (exact) mass is 438 g/mol. The minimum atomic E-state index is -3.92. The lowest BCUT2D eigenvalue weighted by atomic mass is 10.1. The van der Waals surface area contributed by atoms with E-state index in [4.69, 9.17) is 0 Å². The fourth-order valence-corrected chi connectivity index (χ4v) is 4.80. The van der Waals surface area contributed by atoms with Crippen molar-refractivity contribution in [1.29, 1.82) is 0 Å². The van der Waals surface area contributed by atoms with E-state index in [1.165, 1.54) is 17.0 Å². The molecule has 2 aromatic rings. The minimum Gasteiger partial charge on any atom is -0.272 e. The summed E-state index contributed by atoms with van der Waals surface area (Å²) in [6.45, 7) is 3.51. The zero-order chi connectivity index (χ0) is 18.2. The number of amidine groups is 1. The van der Waals surface area contributed by atoms with Crippen LogP contribution in [0, 0.1) is 0 Å². The first kappa shape index (κ1) is 18.2. The number of amides is 1. The van der Waals surface area contributed by atoms with Crippen LogP contribution in [0.1, 0.15) is 13.8 Å². The van der Waals surface area contributed by atoms with Gasteiger partial charge in [-0.05, 0) is 50.2 Å². The standard InChI is InChI=1S/C17H15BrN2O3S2/c1-17(2)15(21)20(13-6-4-3-5-7-13)16(24-17)19-25(22,23)14-10-8-12(18)9-11-14/h3-11H,1-2H3. The number of para-hydroxylation sites is 1. The molecule has 1 aliphatic rings. The summed E-state index contributed by atoms with van der Waals surface area (Å²) in [6.07, 6.45) is 0. The SMILES string of the molecule is CC1(C)SC(=NS(=O)(=O)c2ccc(Br)cc2)N(c2ccccc2)C1=O. The van der Waals surface area contributed by atoms with Crippen molar-refractivity contribution in [1.82, 2.24) is 0 Å². The maximum absolute atomic E-state index is 12.7. The third-order valence-corrected chi connectivity index (χ3v) is 6.65. The van der Waals surface area contributed by atoms with Crippen molar-refractivity contribution in [3.63, 3.8) is 0 Å². The molecule has 0 N–H and O–H groups in total. The summed E-state index contributed by atoms with van der Waals surface area (Å²) in [5, 5.41) is 0.157. The van der Waals surface area contributed by atoms with Crippen LogP contribution in [0.3, 0.4) is 0 Å². The molecule has 1 saturated heterocycles. The van der Waals surface area contributed by atoms with Crippen molar-refractivity contribution in [3.8, 4) is 0 Å². The average molecular weight is 439 g/mol. The molecular weight excluding hydrogens is 424 g/mol. The van der Waals surface area contributed by atoms with Crippen LogP contribution in [-0.2, 0) is 14.8 Å². The summed E-state index contributed by atoms with van der Waals surface area (Å²) in [6, 6.07) is 15.1. The zero-order valence-corrected chi connectivity index (χ0v) is 16.7. The topological polar surface area (TPSA) is 66.8 Å². The zero-order valence-electron chi connectivity index (χ0n) is 13.5. The van der Waals surface area contributed by atoms with Gasteiger partial charge < -0.3 is 0 Å². The second-order valence-corrected chi connectivity index (χ2v) is 10.0. The molecule has 0 aliphatic carbocycles. The van der Waals surface area contributed by atoms with Gasteiger partial charge in [-0.3, -0.25) is 9.69 Å². The van der Waals surface area contributed by atoms with Gasteiger partial charge in [-0.15, -0.1) is 4.40 Å². The molecule has 130 valence electrons. The average Bonchev–Trinajstić information content (AvgIpc) is 2.77. The van der Waals surface area contributed by atoms with Gasteiger partial charge in [-0.2, -0.15) is 8.42 Å². The highest BCUT2D eigenvalue weighted by Gasteiger charge is 2.46. The number of thioether (sulfide) groups is 1. The highest BCUT2D eigenvalue weighted by Crippen LogP contribution is 2.40. The number of benzene rings is 2. The number of carbonyl (C=O) groups is 1. The summed E-state index contributed by atoms with van der Waals surface area (Å²) in [7, 11) is -3.92. The Labute approximate surface area is 159 Å². The Kier molecular flexibility index (Phi) is 4.78. The summed E-state index contributed by atoms with van der Waals surface area (Å²) >= 11 is 4.42. The molecule has 8 heteroatoms. The lowest BCUT2D eigenvalue weighted by Gasteiger charge is -2.17. The van der Waals surface area contributed by atoms with Crippen LogP contribution in [0.4, 0.5) is 5.69 Å². The summed E-state index contributed by atoms with van der Waals surface area (Å²) in [5.74, 6) is -0.201. The van der Waals surface area contributed by atoms with E-state index >= 15 is 0 Å². The molecule has 2 aromatic carbocycles. The van der Waals surface area contributed by atoms with Gasteiger partial charge in [0.2, 0.25) is 5.91 Å². The van der Waals surface area contributed by atoms with Crippen LogP contribution in [0.5, 0.6) is 0 Å². The van der Waals surface area contributed by atoms with E-state index in [0.717, 1.165) is 16.2 Å². The number of anilines is 1. The maximum Gasteiger partial charge on any atom is 0.284 e. The third kappa shape index (κ3) is 3.65. The Bertz CT molecular complexity index is 940. The number of carbonyl (C=O) groups excluding carboxylic acids is 1. The van der Waals surface area contributed by atoms with E-state index in [2.05, 4.69) is 20.3 Å². The van der Waals surface area contributed by atoms with Gasteiger partial charge in [0.25, 0.3) is 10.0 Å². The van der Waals surface area contributed by atoms with Crippen molar-refractivity contribution in [2.45, 2.75) is 23.5 Å². The van der Waals surface area contributed by atoms with Gasteiger partial charge in [-0.1, -0.05) is 45.9 Å². The molecule has 1 aliphatic heterocycles. The molecule has 0 aromatic heterocycles. The molecule has 0 atom stereocenters. The van der Waals surface area contributed by atoms with Crippen LogP contribution in [0.15, 0.2) is 68.4 Å². The highest BCUT2D eigenvalue weighted by molar-refractivity contribution is 9.10. The van der Waals surface area contributed by atoms with E-state index in [-0.39, 0.29) is 16.0 Å². The largest absolute Gasteiger partial charge is 0.284 e. The molecule has 5 nitrogen and oxygen atoms in total. The number of nitrogens with zero attached hydrogens (tertiary/aromatic N) is 2. The van der Waals surface area contributed by atoms with Crippen molar-refractivity contribution < 1.29 is 13.2 Å². The Morgan fingerprint density at radius 2 is 1.64 bits per heavy atom. The first-order chi connectivity index (χ1) is 11.7. The lowest BCUT2D eigenvalue weighted by Crippen LogP contribution is -2.36. The lowest BCUT2D eigenvalue weighted by molar-refractivity contribution is -0.118. The number of hydrogen-bond acceptors (Lipinski definition) is 4. The van der Waals surface area contributed by atoms with E-state index in [1.54, 1.807) is 50.2 Å². The normalized spacial score (nSPS) is 18.8. The van der Waals surface area contributed by atoms with Gasteiger partial charge in [-0.25, -0.2) is 0 Å². The fraction of sp³-hybridized carbons (Fsp3) is 0.176. The Hall–Kier alpha value is -1.64. The van der Waals surface area contributed by atoms with Gasteiger partial charge in [0.15, 0.2) is 5.17 Å². The van der Waals surface area contributed by atoms with Crippen molar-refractivity contribution in [3.05, 3.63) is 59.1 Å². The Balaban J connectivity index is 2.08. The molecule has 0 radical (unpaired) electrons. The van der Waals surface area contributed by atoms with Gasteiger partial charge >= 0.3 is 0 Å². The van der Waals surface area contributed by atoms with E-state index in [9.17, 15) is 13.2 Å². The van der Waals surface area contributed by atoms with Gasteiger partial charge in [0.05, 0.1) is 15.3 Å². The molecule has 0 bridgehead atoms. The van der Waals surface area contributed by atoms with Crippen LogP contribution in [0.2, 0.25) is 0 Å². The van der Waals surface area contributed by atoms with E-state index in [1.807, 2.05) is 6.07 Å². The van der Waals surface area contributed by atoms with Gasteiger partial charge in [0.1, 0.15) is 0 Å². The maximum atomic E-state index is 12.7. The van der Waals surface area contributed by atoms with Crippen LogP contribution in [-0.4, -0.2) is 24.2 Å². The minimum absolute atomic E-state index is 0.0777. The van der Waals surface area contributed by atoms with Crippen LogP contribution < -0.4 is 4.90 Å². The Morgan fingerprint density at radius 1 is 1.04 bits per heavy atom. The predicted octanol–water partition coefficient (Wildman–Crippen LogP) is 4.05. The fourth-order valence-electron chi connectivity index (χ4n) is 2.30. The second kappa shape index (κ2) is 6.59. The van der Waals surface area contributed by atoms with Crippen LogP contribution >= 0.6 is 27.7 Å². The van der Waals surface area contributed by atoms with Crippen molar-refractivity contribution >= 4 is 54.5 Å². The number of hydrogen-bond donors (Lipinski definition) is 0. The molecule has 25 heavy (non-hydrogen) atoms. The number of sulfonamides is 1. The van der Waals surface area contributed by atoms with E-state index in [0.29, 0.717) is 5.69 Å². The first-order valence-corrected chi connectivity index (χ1v) is 10.4. The smallest absolute Gasteiger partial charge is 0.272 e. The molecule has 0 unspecified atom stereocenters. The summed E-state index contributed by atoms with van der Waals surface area (Å²) < 4.78 is 29.2. The molecular formula is C17H15BrN2O3S2. The Morgan fingerprint density at radius 3 is 2.24 bits per heavy atom. The van der Waals surface area contributed by atoms with Gasteiger partial charge in [0, 0.05) is 4.47 Å². The number of rotatable bonds is 3. The summed E-state index contributed by atoms with van der Waals surface area (Å²) in [4.78, 5) is 14.2. The molecule has 1 heterocycles. The molecule has 1 amide bonds. The van der Waals surface area contributed by atoms with Crippen molar-refractivity contribution in [2.24, 2.45) is 4.40 Å². The molecule has 0 spiro atoms. The molecule has 0 saturated carbocycles. The third-order valence-electron chi connectivity index (χ3n) is 3.58. The quantitative estimate of drug-likeness (QED) is 0.724. The second-order valence-electron chi connectivity index (χ2n) is 5.89. The first-order valence-electron chi connectivity index (χ1n) is 7.40. The van der Waals surface area contributed by atoms with E-state index < -0.39 is 14.8 Å². The molecule has 3 rings (SSSR count). The summed E-state index contributed by atoms with van der Waals surface area (Å²) in [5.41, 5.74) is 0.593. The highest BCUT2D eigenvalue weighted by atomic mass is 79.9.